The third-order valence-corrected chi connectivity index (χ3v) is 8.80. The van der Waals surface area contributed by atoms with Crippen molar-refractivity contribution in [3.63, 3.8) is 0 Å². The highest BCUT2D eigenvalue weighted by Gasteiger charge is 2.30. The average Bonchev–Trinajstić information content (AvgIpc) is 2.89. The van der Waals surface area contributed by atoms with Crippen molar-refractivity contribution in [3.05, 3.63) is 119 Å². The van der Waals surface area contributed by atoms with Crippen molar-refractivity contribution in [2.45, 2.75) is 67.7 Å². The topological polar surface area (TPSA) is 35.5 Å². The number of carbonyl (C=O) groups is 1. The van der Waals surface area contributed by atoms with Crippen molar-refractivity contribution in [2.24, 2.45) is 0 Å². The van der Waals surface area contributed by atoms with Gasteiger partial charge in [-0.15, -0.1) is 0 Å². The Morgan fingerprint density at radius 1 is 0.763 bits per heavy atom. The summed E-state index contributed by atoms with van der Waals surface area (Å²) in [5.74, 6) is 0.797. The minimum Gasteiger partial charge on any atom is -0.481 e. The Morgan fingerprint density at radius 2 is 1.26 bits per heavy atom. The minimum atomic E-state index is -0.746. The number of rotatable bonds is 9. The molecule has 4 aromatic rings. The van der Waals surface area contributed by atoms with Crippen LogP contribution in [0.15, 0.2) is 112 Å². The zero-order valence-electron chi connectivity index (χ0n) is 23.2. The van der Waals surface area contributed by atoms with Gasteiger partial charge in [0.1, 0.15) is 11.4 Å². The van der Waals surface area contributed by atoms with Crippen molar-refractivity contribution < 1.29 is 14.3 Å². The smallest absolute Gasteiger partial charge is 0.345 e. The Morgan fingerprint density at radius 3 is 1.74 bits per heavy atom. The fourth-order valence-corrected chi connectivity index (χ4v) is 6.82. The van der Waals surface area contributed by atoms with E-state index in [4.69, 9.17) is 9.47 Å². The van der Waals surface area contributed by atoms with Gasteiger partial charge in [-0.25, -0.2) is 4.79 Å². The summed E-state index contributed by atoms with van der Waals surface area (Å²) in [6.07, 6.45) is 0. The molecule has 0 aromatic heterocycles. The second kappa shape index (κ2) is 11.9. The Balaban J connectivity index is 1.50. The van der Waals surface area contributed by atoms with Crippen LogP contribution in [0.1, 0.15) is 55.9 Å². The molecule has 0 unspecified atom stereocenters. The molecule has 0 saturated carbocycles. The largest absolute Gasteiger partial charge is 0.481 e. The Hall–Kier alpha value is -3.50. The SMILES string of the molecule is Cc1cc([S+](c2ccccc2)c2ccccc2)cc(C)c1OCC(=O)OC(C)(C)c1ccc(C(C)C)cc1. The van der Waals surface area contributed by atoms with Crippen molar-refractivity contribution >= 4 is 16.9 Å². The highest BCUT2D eigenvalue weighted by molar-refractivity contribution is 7.97. The van der Waals surface area contributed by atoms with Crippen LogP contribution in [0, 0.1) is 13.8 Å². The lowest BCUT2D eigenvalue weighted by Gasteiger charge is -2.26. The molecule has 4 heteroatoms. The van der Waals surface area contributed by atoms with Crippen LogP contribution in [-0.4, -0.2) is 12.6 Å². The van der Waals surface area contributed by atoms with Gasteiger partial charge in [0.05, 0.1) is 10.9 Å². The van der Waals surface area contributed by atoms with Gasteiger partial charge in [0.2, 0.25) is 0 Å². The normalized spacial score (nSPS) is 11.6. The molecule has 0 aliphatic carbocycles. The van der Waals surface area contributed by atoms with Crippen molar-refractivity contribution in [2.75, 3.05) is 6.61 Å². The highest BCUT2D eigenvalue weighted by Crippen LogP contribution is 2.35. The standard InChI is InChI=1S/C34H37O3S/c1-24(2)27-17-19-28(20-18-27)34(5,6)37-32(35)23-36-33-25(3)21-31(22-26(33)4)38(29-13-9-7-10-14-29)30-15-11-8-12-16-30/h7-22,24H,23H2,1-6H3/q+1. The lowest BCUT2D eigenvalue weighted by Crippen LogP contribution is -2.28. The van der Waals surface area contributed by atoms with E-state index in [1.54, 1.807) is 0 Å². The Bertz CT molecular complexity index is 1300. The quantitative estimate of drug-likeness (QED) is 0.163. The van der Waals surface area contributed by atoms with Gasteiger partial charge >= 0.3 is 5.97 Å². The summed E-state index contributed by atoms with van der Waals surface area (Å²) in [4.78, 5) is 16.5. The molecule has 0 aliphatic heterocycles. The zero-order chi connectivity index (χ0) is 27.3. The molecule has 0 spiro atoms. The van der Waals surface area contributed by atoms with Gasteiger partial charge in [-0.05, 0) is 80.1 Å². The van der Waals surface area contributed by atoms with Crippen LogP contribution >= 0.6 is 0 Å². The van der Waals surface area contributed by atoms with Gasteiger partial charge in [0, 0.05) is 12.1 Å². The number of esters is 1. The maximum absolute atomic E-state index is 12.8. The van der Waals surface area contributed by atoms with E-state index >= 15 is 0 Å². The molecule has 0 atom stereocenters. The molecule has 38 heavy (non-hydrogen) atoms. The van der Waals surface area contributed by atoms with E-state index < -0.39 is 5.60 Å². The number of hydrogen-bond donors (Lipinski definition) is 0. The van der Waals surface area contributed by atoms with Gasteiger partial charge in [-0.1, -0.05) is 74.5 Å². The second-order valence-electron chi connectivity index (χ2n) is 10.4. The first-order valence-corrected chi connectivity index (χ1v) is 14.3. The molecule has 0 saturated heterocycles. The van der Waals surface area contributed by atoms with Crippen LogP contribution < -0.4 is 4.74 Å². The molecule has 0 bridgehead atoms. The van der Waals surface area contributed by atoms with Crippen LogP contribution in [0.25, 0.3) is 0 Å². The lowest BCUT2D eigenvalue weighted by molar-refractivity contribution is -0.159. The number of aryl methyl sites for hydroxylation is 2. The molecule has 0 aliphatic rings. The fourth-order valence-electron chi connectivity index (χ4n) is 4.55. The zero-order valence-corrected chi connectivity index (χ0v) is 24.0. The van der Waals surface area contributed by atoms with E-state index in [0.717, 1.165) is 22.4 Å². The van der Waals surface area contributed by atoms with Gasteiger partial charge in [0.15, 0.2) is 21.3 Å². The van der Waals surface area contributed by atoms with Crippen molar-refractivity contribution in [1.82, 2.24) is 0 Å². The van der Waals surface area contributed by atoms with E-state index in [-0.39, 0.29) is 23.5 Å². The lowest BCUT2D eigenvalue weighted by atomic mass is 9.94. The van der Waals surface area contributed by atoms with E-state index in [9.17, 15) is 4.79 Å². The molecule has 3 nitrogen and oxygen atoms in total. The Labute approximate surface area is 230 Å². The first-order chi connectivity index (χ1) is 18.2. The Kier molecular flexibility index (Phi) is 8.63. The van der Waals surface area contributed by atoms with E-state index in [2.05, 4.69) is 86.6 Å². The van der Waals surface area contributed by atoms with Crippen LogP contribution in [-0.2, 0) is 26.0 Å². The monoisotopic (exact) mass is 525 g/mol. The molecule has 4 aromatic carbocycles. The molecule has 0 heterocycles. The van der Waals surface area contributed by atoms with E-state index in [0.29, 0.717) is 5.92 Å². The molecule has 196 valence electrons. The molecular weight excluding hydrogens is 488 g/mol. The third-order valence-electron chi connectivity index (χ3n) is 6.60. The maximum atomic E-state index is 12.8. The molecular formula is C34H37O3S+. The average molecular weight is 526 g/mol. The first kappa shape index (κ1) is 27.5. The number of carbonyl (C=O) groups excluding carboxylic acids is 1. The number of ether oxygens (including phenoxy) is 2. The summed E-state index contributed by atoms with van der Waals surface area (Å²) >= 11 is 0. The van der Waals surface area contributed by atoms with E-state index in [1.807, 2.05) is 52.0 Å². The maximum Gasteiger partial charge on any atom is 0.345 e. The number of hydrogen-bond acceptors (Lipinski definition) is 3. The van der Waals surface area contributed by atoms with Crippen molar-refractivity contribution in [1.29, 1.82) is 0 Å². The highest BCUT2D eigenvalue weighted by atomic mass is 32.2. The predicted molar refractivity (Wildman–Crippen MR) is 156 cm³/mol. The van der Waals surface area contributed by atoms with Crippen molar-refractivity contribution in [3.8, 4) is 5.75 Å². The third kappa shape index (κ3) is 6.49. The minimum absolute atomic E-state index is 0.141. The summed E-state index contributed by atoms with van der Waals surface area (Å²) in [6.45, 7) is 12.1. The van der Waals surface area contributed by atoms with Crippen LogP contribution in [0.3, 0.4) is 0 Å². The second-order valence-corrected chi connectivity index (χ2v) is 12.4. The summed E-state index contributed by atoms with van der Waals surface area (Å²) in [7, 11) is -0.243. The predicted octanol–water partition coefficient (Wildman–Crippen LogP) is 8.38. The summed E-state index contributed by atoms with van der Waals surface area (Å²) in [5, 5.41) is 0. The van der Waals surface area contributed by atoms with Gasteiger partial charge < -0.3 is 9.47 Å². The first-order valence-electron chi connectivity index (χ1n) is 13.1. The molecule has 4 rings (SSSR count). The van der Waals surface area contributed by atoms with Crippen LogP contribution in [0.5, 0.6) is 5.75 Å². The summed E-state index contributed by atoms with van der Waals surface area (Å²) in [6, 6.07) is 33.8. The van der Waals surface area contributed by atoms with Gasteiger partial charge in [-0.2, -0.15) is 0 Å². The van der Waals surface area contributed by atoms with E-state index in [1.165, 1.54) is 20.2 Å². The van der Waals surface area contributed by atoms with Gasteiger partial charge in [0.25, 0.3) is 0 Å². The fraction of sp³-hybridized carbons (Fsp3) is 0.265. The number of benzene rings is 4. The van der Waals surface area contributed by atoms with Crippen LogP contribution in [0.4, 0.5) is 0 Å². The molecule has 0 fully saturated rings. The summed E-state index contributed by atoms with van der Waals surface area (Å²) in [5.41, 5.74) is 3.47. The molecule has 0 radical (unpaired) electrons. The van der Waals surface area contributed by atoms with Gasteiger partial charge in [-0.3, -0.25) is 0 Å². The van der Waals surface area contributed by atoms with Crippen LogP contribution in [0.2, 0.25) is 0 Å². The molecule has 0 N–H and O–H groups in total. The molecule has 0 amide bonds. The summed E-state index contributed by atoms with van der Waals surface area (Å²) < 4.78 is 11.9.